The molecule has 4 aromatic carbocycles. The van der Waals surface area contributed by atoms with E-state index in [9.17, 15) is 4.39 Å². The first kappa shape index (κ1) is 29.3. The molecule has 0 bridgehead atoms. The van der Waals surface area contributed by atoms with Gasteiger partial charge in [0.1, 0.15) is 28.9 Å². The number of aromatic nitrogens is 4. The Balaban J connectivity index is 1.28. The first-order valence-electron chi connectivity index (χ1n) is 15.6. The highest BCUT2D eigenvalue weighted by Crippen LogP contribution is 2.37. The first-order chi connectivity index (χ1) is 22.3. The average Bonchev–Trinajstić information content (AvgIpc) is 3.64. The van der Waals surface area contributed by atoms with Crippen molar-refractivity contribution in [3.05, 3.63) is 126 Å². The SMILES string of the molecule is CCOc1cc(C)c(-c2cnn(-c3cc(Oc4ccc5c6ccccc6n(-c6cc(F)ccn6)c5c4)cc(C(C)C)c3)c2)c(C)c1. The van der Waals surface area contributed by atoms with Crippen LogP contribution >= 0.6 is 0 Å². The molecule has 3 heterocycles. The van der Waals surface area contributed by atoms with Gasteiger partial charge >= 0.3 is 0 Å². The third kappa shape index (κ3) is 5.38. The summed E-state index contributed by atoms with van der Waals surface area (Å²) in [6, 6.07) is 27.3. The molecule has 7 aromatic rings. The van der Waals surface area contributed by atoms with E-state index in [2.05, 4.69) is 75.3 Å². The van der Waals surface area contributed by atoms with Crippen LogP contribution in [0, 0.1) is 19.7 Å². The van der Waals surface area contributed by atoms with Crippen LogP contribution in [0.1, 0.15) is 43.4 Å². The number of para-hydroxylation sites is 1. The molecule has 7 heteroatoms. The van der Waals surface area contributed by atoms with Crippen LogP contribution in [0.3, 0.4) is 0 Å². The fourth-order valence-electron chi connectivity index (χ4n) is 6.27. The predicted molar refractivity (Wildman–Crippen MR) is 182 cm³/mol. The van der Waals surface area contributed by atoms with Gasteiger partial charge in [-0.05, 0) is 97.5 Å². The molecule has 7 rings (SSSR count). The van der Waals surface area contributed by atoms with Crippen molar-refractivity contribution in [3.63, 3.8) is 0 Å². The predicted octanol–water partition coefficient (Wildman–Crippen LogP) is 10.1. The van der Waals surface area contributed by atoms with Crippen molar-refractivity contribution in [3.8, 4) is 39.9 Å². The summed E-state index contributed by atoms with van der Waals surface area (Å²) >= 11 is 0. The van der Waals surface area contributed by atoms with E-state index in [0.29, 0.717) is 23.9 Å². The van der Waals surface area contributed by atoms with E-state index >= 15 is 0 Å². The van der Waals surface area contributed by atoms with Crippen LogP contribution in [0.25, 0.3) is 44.4 Å². The van der Waals surface area contributed by atoms with Crippen molar-refractivity contribution in [1.29, 1.82) is 0 Å². The second kappa shape index (κ2) is 11.8. The lowest BCUT2D eigenvalue weighted by atomic mass is 9.98. The largest absolute Gasteiger partial charge is 0.494 e. The summed E-state index contributed by atoms with van der Waals surface area (Å²) in [7, 11) is 0. The number of benzene rings is 4. The van der Waals surface area contributed by atoms with Gasteiger partial charge in [0.25, 0.3) is 0 Å². The molecule has 0 saturated carbocycles. The van der Waals surface area contributed by atoms with Crippen molar-refractivity contribution >= 4 is 21.8 Å². The average molecular weight is 611 g/mol. The Hall–Kier alpha value is -5.43. The Morgan fingerprint density at radius 1 is 0.804 bits per heavy atom. The van der Waals surface area contributed by atoms with Crippen molar-refractivity contribution in [1.82, 2.24) is 19.3 Å². The number of hydrogen-bond donors (Lipinski definition) is 0. The number of rotatable bonds is 8. The minimum Gasteiger partial charge on any atom is -0.494 e. The Kier molecular flexibility index (Phi) is 7.53. The lowest BCUT2D eigenvalue weighted by molar-refractivity contribution is 0.340. The lowest BCUT2D eigenvalue weighted by Gasteiger charge is -2.14. The van der Waals surface area contributed by atoms with Crippen molar-refractivity contribution in [2.75, 3.05) is 6.61 Å². The molecular weight excluding hydrogens is 575 g/mol. The van der Waals surface area contributed by atoms with Gasteiger partial charge in [0.05, 0.1) is 29.5 Å². The fraction of sp³-hybridized carbons (Fsp3) is 0.179. The highest BCUT2D eigenvalue weighted by atomic mass is 19.1. The number of nitrogens with zero attached hydrogens (tertiary/aromatic N) is 4. The van der Waals surface area contributed by atoms with Gasteiger partial charge in [-0.25, -0.2) is 14.1 Å². The molecule has 0 spiro atoms. The molecule has 0 saturated heterocycles. The third-order valence-corrected chi connectivity index (χ3v) is 8.35. The molecule has 0 aliphatic carbocycles. The molecule has 230 valence electrons. The molecule has 0 atom stereocenters. The van der Waals surface area contributed by atoms with Crippen molar-refractivity contribution in [2.24, 2.45) is 0 Å². The van der Waals surface area contributed by atoms with E-state index in [4.69, 9.17) is 14.6 Å². The summed E-state index contributed by atoms with van der Waals surface area (Å²) in [5.41, 5.74) is 8.36. The lowest BCUT2D eigenvalue weighted by Crippen LogP contribution is -1.99. The first-order valence-corrected chi connectivity index (χ1v) is 15.6. The molecule has 0 N–H and O–H groups in total. The maximum atomic E-state index is 14.3. The zero-order valence-corrected chi connectivity index (χ0v) is 26.6. The van der Waals surface area contributed by atoms with Gasteiger partial charge in [-0.1, -0.05) is 32.0 Å². The van der Waals surface area contributed by atoms with Gasteiger partial charge in [0, 0.05) is 46.9 Å². The zero-order chi connectivity index (χ0) is 31.9. The van der Waals surface area contributed by atoms with Gasteiger partial charge in [-0.3, -0.25) is 4.57 Å². The number of ether oxygens (including phenoxy) is 2. The topological polar surface area (TPSA) is 54.1 Å². The molecule has 0 radical (unpaired) electrons. The smallest absolute Gasteiger partial charge is 0.140 e. The van der Waals surface area contributed by atoms with Crippen LogP contribution in [-0.2, 0) is 0 Å². The molecule has 0 unspecified atom stereocenters. The third-order valence-electron chi connectivity index (χ3n) is 8.35. The molecule has 3 aromatic heterocycles. The van der Waals surface area contributed by atoms with Crippen LogP contribution in [0.5, 0.6) is 17.2 Å². The fourth-order valence-corrected chi connectivity index (χ4v) is 6.27. The minimum atomic E-state index is -0.337. The van der Waals surface area contributed by atoms with Crippen LogP contribution in [0.4, 0.5) is 4.39 Å². The number of pyridine rings is 1. The highest BCUT2D eigenvalue weighted by molar-refractivity contribution is 6.09. The molecule has 0 aliphatic rings. The van der Waals surface area contributed by atoms with Crippen molar-refractivity contribution < 1.29 is 13.9 Å². The Labute approximate surface area is 267 Å². The Bertz CT molecular complexity index is 2210. The number of hydrogen-bond acceptors (Lipinski definition) is 4. The van der Waals surface area contributed by atoms with E-state index in [1.54, 1.807) is 0 Å². The standard InChI is InChI=1S/C39H35FN4O2/c1-6-45-32-15-25(4)39(26(5)16-32)28-22-42-43(23-28)30-17-27(24(2)3)18-33(20-30)46-31-11-12-35-34-9-7-8-10-36(34)44(37(35)21-31)38-19-29(40)13-14-41-38/h7-24H,6H2,1-5H3. The van der Waals surface area contributed by atoms with Gasteiger partial charge in [-0.15, -0.1) is 0 Å². The van der Waals surface area contributed by atoms with E-state index in [1.165, 1.54) is 18.3 Å². The van der Waals surface area contributed by atoms with Crippen LogP contribution < -0.4 is 9.47 Å². The summed E-state index contributed by atoms with van der Waals surface area (Å²) < 4.78 is 30.5. The maximum absolute atomic E-state index is 14.3. The number of aryl methyl sites for hydroxylation is 2. The molecule has 46 heavy (non-hydrogen) atoms. The van der Waals surface area contributed by atoms with E-state index in [0.717, 1.165) is 61.1 Å². The molecule has 0 aliphatic heterocycles. The quantitative estimate of drug-likeness (QED) is 0.172. The highest BCUT2D eigenvalue weighted by Gasteiger charge is 2.16. The monoisotopic (exact) mass is 610 g/mol. The normalized spacial score (nSPS) is 11.5. The van der Waals surface area contributed by atoms with Gasteiger partial charge < -0.3 is 9.47 Å². The summed E-state index contributed by atoms with van der Waals surface area (Å²) in [5, 5.41) is 6.86. The second-order valence-electron chi connectivity index (χ2n) is 11.9. The molecule has 0 fully saturated rings. The number of fused-ring (bicyclic) bond motifs is 3. The Morgan fingerprint density at radius 2 is 1.59 bits per heavy atom. The molecule has 6 nitrogen and oxygen atoms in total. The Morgan fingerprint density at radius 3 is 2.35 bits per heavy atom. The summed E-state index contributed by atoms with van der Waals surface area (Å²) in [6.45, 7) is 11.2. The number of halogens is 1. The maximum Gasteiger partial charge on any atom is 0.140 e. The van der Waals surface area contributed by atoms with Gasteiger partial charge in [0.2, 0.25) is 0 Å². The van der Waals surface area contributed by atoms with Crippen LogP contribution in [0.2, 0.25) is 0 Å². The van der Waals surface area contributed by atoms with E-state index in [-0.39, 0.29) is 11.7 Å². The summed E-state index contributed by atoms with van der Waals surface area (Å²) in [6.07, 6.45) is 5.46. The van der Waals surface area contributed by atoms with E-state index in [1.807, 2.05) is 58.8 Å². The van der Waals surface area contributed by atoms with Crippen molar-refractivity contribution in [2.45, 2.75) is 40.5 Å². The van der Waals surface area contributed by atoms with E-state index < -0.39 is 0 Å². The van der Waals surface area contributed by atoms with Gasteiger partial charge in [-0.2, -0.15) is 5.10 Å². The van der Waals surface area contributed by atoms with Crippen LogP contribution in [0.15, 0.2) is 104 Å². The van der Waals surface area contributed by atoms with Gasteiger partial charge in [0.15, 0.2) is 0 Å². The summed E-state index contributed by atoms with van der Waals surface area (Å²) in [4.78, 5) is 4.49. The molecule has 0 amide bonds. The zero-order valence-electron chi connectivity index (χ0n) is 26.6. The minimum absolute atomic E-state index is 0.275. The second-order valence-corrected chi connectivity index (χ2v) is 11.9. The van der Waals surface area contributed by atoms with Crippen LogP contribution in [-0.4, -0.2) is 25.9 Å². The summed E-state index contributed by atoms with van der Waals surface area (Å²) in [5.74, 6) is 2.71. The molecular formula is C39H35FN4O2.